The monoisotopic (exact) mass is 532 g/mol. The van der Waals surface area contributed by atoms with Crippen LogP contribution in [0, 0.1) is 0 Å². The molecule has 0 unspecified atom stereocenters. The zero-order valence-electron chi connectivity index (χ0n) is 20.6. The number of hydrogen-bond donors (Lipinski definition) is 1. The van der Waals surface area contributed by atoms with Gasteiger partial charge in [0.25, 0.3) is 11.5 Å². The zero-order valence-corrected chi connectivity index (χ0v) is 22.2. The Labute approximate surface area is 223 Å². The number of carbonyl (C=O) groups is 1. The molecule has 7 nitrogen and oxygen atoms in total. The number of para-hydroxylation sites is 1. The summed E-state index contributed by atoms with van der Waals surface area (Å²) in [6.07, 6.45) is 6.70. The molecular formula is C28H28N4O3S2. The van der Waals surface area contributed by atoms with Crippen LogP contribution in [0.3, 0.4) is 0 Å². The highest BCUT2D eigenvalue weighted by Gasteiger charge is 2.23. The van der Waals surface area contributed by atoms with Gasteiger partial charge in [0, 0.05) is 4.88 Å². The van der Waals surface area contributed by atoms with Crippen molar-refractivity contribution in [3.8, 4) is 11.4 Å². The SMILES string of the molecule is CCCOc1ccc(C=NNC(=O)CSc2nc3sc4c(c3c(=O)n2-c2ccccc2)CCCC4)cc1. The number of nitrogens with one attached hydrogen (secondary N) is 1. The lowest BCUT2D eigenvalue weighted by Crippen LogP contribution is -2.24. The highest BCUT2D eigenvalue weighted by Crippen LogP contribution is 2.35. The fraction of sp³-hybridized carbons (Fsp3) is 0.286. The Hall–Kier alpha value is -3.43. The maximum absolute atomic E-state index is 13.7. The summed E-state index contributed by atoms with van der Waals surface area (Å²) in [6, 6.07) is 17.0. The third-order valence-corrected chi connectivity index (χ3v) is 8.19. The van der Waals surface area contributed by atoms with Gasteiger partial charge in [0.1, 0.15) is 10.6 Å². The van der Waals surface area contributed by atoms with Gasteiger partial charge >= 0.3 is 0 Å². The first-order valence-corrected chi connectivity index (χ1v) is 14.2. The van der Waals surface area contributed by atoms with Crippen LogP contribution in [-0.4, -0.2) is 34.0 Å². The maximum atomic E-state index is 13.7. The van der Waals surface area contributed by atoms with E-state index in [4.69, 9.17) is 9.72 Å². The number of rotatable bonds is 9. The Morgan fingerprint density at radius 3 is 2.73 bits per heavy atom. The maximum Gasteiger partial charge on any atom is 0.267 e. The topological polar surface area (TPSA) is 85.6 Å². The minimum Gasteiger partial charge on any atom is -0.494 e. The van der Waals surface area contributed by atoms with E-state index in [1.54, 1.807) is 22.1 Å². The van der Waals surface area contributed by atoms with Crippen LogP contribution in [0.25, 0.3) is 15.9 Å². The van der Waals surface area contributed by atoms with Crippen LogP contribution >= 0.6 is 23.1 Å². The molecule has 1 N–H and O–H groups in total. The fourth-order valence-electron chi connectivity index (χ4n) is 4.30. The normalized spacial score (nSPS) is 13.1. The fourth-order valence-corrected chi connectivity index (χ4v) is 6.41. The van der Waals surface area contributed by atoms with Crippen LogP contribution in [0.15, 0.2) is 69.6 Å². The molecule has 0 spiro atoms. The van der Waals surface area contributed by atoms with Crippen molar-refractivity contribution in [2.45, 2.75) is 44.2 Å². The summed E-state index contributed by atoms with van der Waals surface area (Å²) in [5.41, 5.74) is 5.25. The van der Waals surface area contributed by atoms with Gasteiger partial charge in [-0.1, -0.05) is 36.9 Å². The summed E-state index contributed by atoms with van der Waals surface area (Å²) in [7, 11) is 0. The number of aromatic nitrogens is 2. The standard InChI is InChI=1S/C28H28N4O3S2/c1-2-16-35-21-14-12-19(13-15-21)17-29-31-24(33)18-36-28-30-26-25(22-10-6-7-11-23(22)37-26)27(34)32(28)20-8-4-3-5-9-20/h3-5,8-9,12-15,17H,2,6-7,10-11,16,18H2,1H3,(H,31,33). The number of benzene rings is 2. The van der Waals surface area contributed by atoms with Gasteiger partial charge in [-0.05, 0) is 79.6 Å². The Morgan fingerprint density at radius 1 is 1.16 bits per heavy atom. The van der Waals surface area contributed by atoms with Gasteiger partial charge in [0.05, 0.1) is 29.6 Å². The van der Waals surface area contributed by atoms with Gasteiger partial charge in [0.2, 0.25) is 0 Å². The van der Waals surface area contributed by atoms with Crippen molar-refractivity contribution in [2.75, 3.05) is 12.4 Å². The molecule has 0 saturated carbocycles. The second-order valence-corrected chi connectivity index (χ2v) is 10.8. The molecule has 4 aromatic rings. The first kappa shape index (κ1) is 25.2. The molecule has 1 aliphatic carbocycles. The van der Waals surface area contributed by atoms with E-state index in [2.05, 4.69) is 17.5 Å². The van der Waals surface area contributed by atoms with Gasteiger partial charge in [-0.3, -0.25) is 14.2 Å². The Bertz CT molecular complexity index is 1480. The third kappa shape index (κ3) is 5.78. The summed E-state index contributed by atoms with van der Waals surface area (Å²) in [4.78, 5) is 33.2. The smallest absolute Gasteiger partial charge is 0.267 e. The molecule has 0 radical (unpaired) electrons. The Morgan fingerprint density at radius 2 is 1.95 bits per heavy atom. The van der Waals surface area contributed by atoms with Crippen LogP contribution in [0.5, 0.6) is 5.75 Å². The van der Waals surface area contributed by atoms with E-state index in [-0.39, 0.29) is 17.2 Å². The summed E-state index contributed by atoms with van der Waals surface area (Å²) in [6.45, 7) is 2.74. The lowest BCUT2D eigenvalue weighted by Gasteiger charge is -2.13. The summed E-state index contributed by atoms with van der Waals surface area (Å²) >= 11 is 2.85. The molecule has 9 heteroatoms. The van der Waals surface area contributed by atoms with E-state index in [0.29, 0.717) is 11.8 Å². The molecular weight excluding hydrogens is 504 g/mol. The van der Waals surface area contributed by atoms with Gasteiger partial charge < -0.3 is 4.74 Å². The highest BCUT2D eigenvalue weighted by atomic mass is 32.2. The van der Waals surface area contributed by atoms with Gasteiger partial charge in [-0.2, -0.15) is 5.10 Å². The quantitative estimate of drug-likeness (QED) is 0.136. The predicted molar refractivity (Wildman–Crippen MR) is 151 cm³/mol. The van der Waals surface area contributed by atoms with Crippen LogP contribution in [0.2, 0.25) is 0 Å². The number of nitrogens with zero attached hydrogens (tertiary/aromatic N) is 3. The van der Waals surface area contributed by atoms with E-state index in [0.717, 1.165) is 64.9 Å². The molecule has 37 heavy (non-hydrogen) atoms. The molecule has 2 aromatic carbocycles. The zero-order chi connectivity index (χ0) is 25.6. The lowest BCUT2D eigenvalue weighted by molar-refractivity contribution is -0.118. The molecule has 1 aliphatic rings. The number of carbonyl (C=O) groups excluding carboxylic acids is 1. The Balaban J connectivity index is 1.32. The van der Waals surface area contributed by atoms with E-state index >= 15 is 0 Å². The first-order valence-electron chi connectivity index (χ1n) is 12.4. The number of thiophene rings is 1. The molecule has 0 aliphatic heterocycles. The van der Waals surface area contributed by atoms with Gasteiger partial charge in [-0.25, -0.2) is 10.4 Å². The molecule has 0 saturated heterocycles. The van der Waals surface area contributed by atoms with Crippen molar-refractivity contribution >= 4 is 45.4 Å². The molecule has 2 aromatic heterocycles. The van der Waals surface area contributed by atoms with Crippen molar-refractivity contribution in [3.63, 3.8) is 0 Å². The van der Waals surface area contributed by atoms with Crippen molar-refractivity contribution < 1.29 is 9.53 Å². The lowest BCUT2D eigenvalue weighted by atomic mass is 9.97. The number of ether oxygens (including phenoxy) is 1. The van der Waals surface area contributed by atoms with Crippen LogP contribution < -0.4 is 15.7 Å². The molecule has 190 valence electrons. The minimum atomic E-state index is -0.274. The minimum absolute atomic E-state index is 0.0668. The van der Waals surface area contributed by atoms with Crippen LogP contribution in [0.4, 0.5) is 0 Å². The molecule has 1 amide bonds. The number of thioether (sulfide) groups is 1. The highest BCUT2D eigenvalue weighted by molar-refractivity contribution is 7.99. The molecule has 0 fully saturated rings. The van der Waals surface area contributed by atoms with E-state index in [9.17, 15) is 9.59 Å². The average Bonchev–Trinajstić information content (AvgIpc) is 3.31. The predicted octanol–water partition coefficient (Wildman–Crippen LogP) is 5.36. The van der Waals surface area contributed by atoms with Gasteiger partial charge in [-0.15, -0.1) is 11.3 Å². The van der Waals surface area contributed by atoms with Crippen LogP contribution in [0.1, 0.15) is 42.2 Å². The number of fused-ring (bicyclic) bond motifs is 3. The largest absolute Gasteiger partial charge is 0.494 e. The van der Waals surface area contributed by atoms with Gasteiger partial charge in [0.15, 0.2) is 5.16 Å². The number of aryl methyl sites for hydroxylation is 2. The van der Waals surface area contributed by atoms with Crippen molar-refractivity contribution in [1.29, 1.82) is 0 Å². The van der Waals surface area contributed by atoms with E-state index in [1.807, 2.05) is 54.6 Å². The summed E-state index contributed by atoms with van der Waals surface area (Å²) in [5, 5.41) is 5.31. The first-order chi connectivity index (χ1) is 18.1. The third-order valence-electron chi connectivity index (χ3n) is 6.06. The molecule has 0 atom stereocenters. The second kappa shape index (κ2) is 11.7. The summed E-state index contributed by atoms with van der Waals surface area (Å²) in [5.74, 6) is 0.611. The van der Waals surface area contributed by atoms with Crippen molar-refractivity contribution in [3.05, 3.63) is 81.0 Å². The summed E-state index contributed by atoms with van der Waals surface area (Å²) < 4.78 is 7.21. The number of hydrogen-bond acceptors (Lipinski definition) is 7. The number of hydrazone groups is 1. The van der Waals surface area contributed by atoms with Crippen molar-refractivity contribution in [2.24, 2.45) is 5.10 Å². The number of amides is 1. The molecule has 0 bridgehead atoms. The second-order valence-electron chi connectivity index (χ2n) is 8.76. The Kier molecular flexibility index (Phi) is 8.01. The van der Waals surface area contributed by atoms with Crippen LogP contribution in [-0.2, 0) is 17.6 Å². The van der Waals surface area contributed by atoms with E-state index in [1.165, 1.54) is 16.6 Å². The van der Waals surface area contributed by atoms with E-state index < -0.39 is 0 Å². The average molecular weight is 533 g/mol. The molecule has 5 rings (SSSR count). The molecule has 2 heterocycles. The van der Waals surface area contributed by atoms with Crippen molar-refractivity contribution in [1.82, 2.24) is 15.0 Å².